The molecule has 0 fully saturated rings. The van der Waals surface area contributed by atoms with Gasteiger partial charge in [-0.25, -0.2) is 0 Å². The summed E-state index contributed by atoms with van der Waals surface area (Å²) in [4.78, 5) is 15.0. The Hall–Kier alpha value is -1.63. The second-order valence-electron chi connectivity index (χ2n) is 3.66. The molecule has 18 heavy (non-hydrogen) atoms. The molecule has 1 amide bonds. The van der Waals surface area contributed by atoms with Crippen LogP contribution in [0.1, 0.15) is 15.9 Å². The minimum Gasteiger partial charge on any atom is -0.488 e. The first-order valence-corrected chi connectivity index (χ1v) is 6.36. The van der Waals surface area contributed by atoms with Gasteiger partial charge in [0.2, 0.25) is 5.91 Å². The summed E-state index contributed by atoms with van der Waals surface area (Å²) >= 11 is 2.11. The van der Waals surface area contributed by atoms with E-state index >= 15 is 0 Å². The maximum absolute atomic E-state index is 11.0. The van der Waals surface area contributed by atoms with Crippen molar-refractivity contribution in [3.8, 4) is 5.75 Å². The summed E-state index contributed by atoms with van der Waals surface area (Å²) in [7, 11) is 0. The number of amides is 1. The summed E-state index contributed by atoms with van der Waals surface area (Å²) in [5.41, 5.74) is 6.68. The number of pyridine rings is 1. The maximum atomic E-state index is 11.0. The summed E-state index contributed by atoms with van der Waals surface area (Å²) in [5, 5.41) is 0. The van der Waals surface area contributed by atoms with Gasteiger partial charge in [-0.3, -0.25) is 9.78 Å². The molecular weight excluding hydrogens is 343 g/mol. The van der Waals surface area contributed by atoms with Crippen molar-refractivity contribution < 1.29 is 9.53 Å². The number of carbonyl (C=O) groups is 1. The largest absolute Gasteiger partial charge is 0.488 e. The van der Waals surface area contributed by atoms with Crippen LogP contribution in [0.2, 0.25) is 0 Å². The first-order chi connectivity index (χ1) is 8.66. The molecule has 0 spiro atoms. The van der Waals surface area contributed by atoms with Crippen LogP contribution < -0.4 is 10.5 Å². The smallest absolute Gasteiger partial charge is 0.248 e. The third kappa shape index (κ3) is 3.19. The molecule has 2 rings (SSSR count). The van der Waals surface area contributed by atoms with Crippen molar-refractivity contribution in [2.24, 2.45) is 5.73 Å². The number of halogens is 1. The molecule has 1 aromatic heterocycles. The molecule has 1 heterocycles. The van der Waals surface area contributed by atoms with Crippen molar-refractivity contribution in [2.75, 3.05) is 0 Å². The number of nitrogens with two attached hydrogens (primary N) is 1. The van der Waals surface area contributed by atoms with Crippen LogP contribution in [0, 0.1) is 3.57 Å². The zero-order valence-corrected chi connectivity index (χ0v) is 11.6. The predicted octanol–water partition coefficient (Wildman–Crippen LogP) is 2.36. The van der Waals surface area contributed by atoms with Gasteiger partial charge in [-0.05, 0) is 46.9 Å². The number of carbonyl (C=O) groups excluding carboxylic acids is 1. The zero-order valence-electron chi connectivity index (χ0n) is 9.47. The minimum atomic E-state index is -0.438. The van der Waals surface area contributed by atoms with Crippen LogP contribution in [0.5, 0.6) is 5.75 Å². The quantitative estimate of drug-likeness (QED) is 0.858. The van der Waals surface area contributed by atoms with Crippen molar-refractivity contribution >= 4 is 28.5 Å². The lowest BCUT2D eigenvalue weighted by Crippen LogP contribution is -2.11. The normalized spacial score (nSPS) is 10.1. The SMILES string of the molecule is NC(=O)c1ccc(OCc2cccnc2)c(I)c1. The van der Waals surface area contributed by atoms with E-state index in [0.29, 0.717) is 12.2 Å². The molecule has 4 nitrogen and oxygen atoms in total. The lowest BCUT2D eigenvalue weighted by atomic mass is 10.2. The van der Waals surface area contributed by atoms with Crippen LogP contribution in [0.25, 0.3) is 0 Å². The number of nitrogens with zero attached hydrogens (tertiary/aromatic N) is 1. The van der Waals surface area contributed by atoms with Crippen molar-refractivity contribution in [1.82, 2.24) is 4.98 Å². The van der Waals surface area contributed by atoms with E-state index in [1.807, 2.05) is 12.1 Å². The topological polar surface area (TPSA) is 65.2 Å². The summed E-state index contributed by atoms with van der Waals surface area (Å²) in [6.45, 7) is 0.444. The lowest BCUT2D eigenvalue weighted by molar-refractivity contribution is 0.1000. The number of primary amides is 1. The third-order valence-corrected chi connectivity index (χ3v) is 3.18. The Morgan fingerprint density at radius 3 is 2.83 bits per heavy atom. The van der Waals surface area contributed by atoms with Crippen LogP contribution in [0.15, 0.2) is 42.7 Å². The number of benzene rings is 1. The van der Waals surface area contributed by atoms with Gasteiger partial charge in [-0.2, -0.15) is 0 Å². The van der Waals surface area contributed by atoms with Crippen LogP contribution in [0.3, 0.4) is 0 Å². The monoisotopic (exact) mass is 354 g/mol. The second kappa shape index (κ2) is 5.81. The Labute approximate surface area is 118 Å². The van der Waals surface area contributed by atoms with E-state index in [1.54, 1.807) is 30.6 Å². The van der Waals surface area contributed by atoms with E-state index in [9.17, 15) is 4.79 Å². The van der Waals surface area contributed by atoms with Crippen LogP contribution >= 0.6 is 22.6 Å². The van der Waals surface area contributed by atoms with Gasteiger partial charge in [0.15, 0.2) is 0 Å². The molecule has 92 valence electrons. The van der Waals surface area contributed by atoms with E-state index in [1.165, 1.54) is 0 Å². The summed E-state index contributed by atoms with van der Waals surface area (Å²) < 4.78 is 6.51. The second-order valence-corrected chi connectivity index (χ2v) is 4.82. The first-order valence-electron chi connectivity index (χ1n) is 5.28. The van der Waals surface area contributed by atoms with Crippen LogP contribution in [0.4, 0.5) is 0 Å². The standard InChI is InChI=1S/C13H11IN2O2/c14-11-6-10(13(15)17)3-4-12(11)18-8-9-2-1-5-16-7-9/h1-7H,8H2,(H2,15,17). The highest BCUT2D eigenvalue weighted by atomic mass is 127. The Morgan fingerprint density at radius 2 is 2.22 bits per heavy atom. The molecule has 0 saturated heterocycles. The van der Waals surface area contributed by atoms with E-state index in [4.69, 9.17) is 10.5 Å². The summed E-state index contributed by atoms with van der Waals surface area (Å²) in [6.07, 6.45) is 3.47. The third-order valence-electron chi connectivity index (χ3n) is 2.33. The Balaban J connectivity index is 2.08. The highest BCUT2D eigenvalue weighted by molar-refractivity contribution is 14.1. The van der Waals surface area contributed by atoms with Gasteiger partial charge in [-0.1, -0.05) is 6.07 Å². The molecule has 5 heteroatoms. The summed E-state index contributed by atoms with van der Waals surface area (Å²) in [5.74, 6) is 0.288. The van der Waals surface area contributed by atoms with Gasteiger partial charge in [-0.15, -0.1) is 0 Å². The van der Waals surface area contributed by atoms with Gasteiger partial charge >= 0.3 is 0 Å². The highest BCUT2D eigenvalue weighted by Crippen LogP contribution is 2.22. The Morgan fingerprint density at radius 1 is 1.39 bits per heavy atom. The highest BCUT2D eigenvalue weighted by Gasteiger charge is 2.06. The van der Waals surface area contributed by atoms with Gasteiger partial charge in [0.1, 0.15) is 12.4 Å². The fraction of sp³-hybridized carbons (Fsp3) is 0.0769. The van der Waals surface area contributed by atoms with E-state index in [2.05, 4.69) is 27.6 Å². The van der Waals surface area contributed by atoms with Gasteiger partial charge < -0.3 is 10.5 Å². The molecule has 0 aliphatic heterocycles. The van der Waals surface area contributed by atoms with Crippen LogP contribution in [-0.2, 0) is 6.61 Å². The first kappa shape index (κ1) is 12.8. The molecule has 0 radical (unpaired) electrons. The number of hydrogen-bond acceptors (Lipinski definition) is 3. The minimum absolute atomic E-state index is 0.438. The number of ether oxygens (including phenoxy) is 1. The molecule has 2 N–H and O–H groups in total. The lowest BCUT2D eigenvalue weighted by Gasteiger charge is -2.08. The van der Waals surface area contributed by atoms with Crippen molar-refractivity contribution in [3.63, 3.8) is 0 Å². The fourth-order valence-electron chi connectivity index (χ4n) is 1.42. The molecular formula is C13H11IN2O2. The fourth-order valence-corrected chi connectivity index (χ4v) is 2.09. The molecule has 0 atom stereocenters. The maximum Gasteiger partial charge on any atom is 0.248 e. The molecule has 0 aliphatic rings. The number of rotatable bonds is 4. The van der Waals surface area contributed by atoms with Crippen molar-refractivity contribution in [1.29, 1.82) is 0 Å². The van der Waals surface area contributed by atoms with Gasteiger partial charge in [0.25, 0.3) is 0 Å². The average molecular weight is 354 g/mol. The number of hydrogen-bond donors (Lipinski definition) is 1. The summed E-state index contributed by atoms with van der Waals surface area (Å²) in [6, 6.07) is 8.92. The van der Waals surface area contributed by atoms with E-state index < -0.39 is 5.91 Å². The van der Waals surface area contributed by atoms with E-state index in [0.717, 1.165) is 14.9 Å². The molecule has 2 aromatic rings. The Bertz CT molecular complexity index is 558. The zero-order chi connectivity index (χ0) is 13.0. The van der Waals surface area contributed by atoms with Crippen molar-refractivity contribution in [2.45, 2.75) is 6.61 Å². The number of aromatic nitrogens is 1. The van der Waals surface area contributed by atoms with Gasteiger partial charge in [0, 0.05) is 23.5 Å². The molecule has 0 aliphatic carbocycles. The molecule has 0 saturated carbocycles. The van der Waals surface area contributed by atoms with E-state index in [-0.39, 0.29) is 0 Å². The van der Waals surface area contributed by atoms with Crippen LogP contribution in [-0.4, -0.2) is 10.9 Å². The molecule has 0 bridgehead atoms. The average Bonchev–Trinajstić information content (AvgIpc) is 2.38. The van der Waals surface area contributed by atoms with Crippen molar-refractivity contribution in [3.05, 3.63) is 57.4 Å². The molecule has 1 aromatic carbocycles. The molecule has 0 unspecified atom stereocenters. The van der Waals surface area contributed by atoms with Gasteiger partial charge in [0.05, 0.1) is 3.57 Å². The predicted molar refractivity (Wildman–Crippen MR) is 76.2 cm³/mol. The Kier molecular flexibility index (Phi) is 4.14.